The molecule has 3 nitrogen and oxygen atoms in total. The van der Waals surface area contributed by atoms with Gasteiger partial charge in [-0.1, -0.05) is 35.7 Å². The quantitative estimate of drug-likeness (QED) is 0.788. The van der Waals surface area contributed by atoms with E-state index in [1.54, 1.807) is 18.2 Å². The Morgan fingerprint density at radius 1 is 1.33 bits per heavy atom. The van der Waals surface area contributed by atoms with Crippen molar-refractivity contribution in [3.05, 3.63) is 28.2 Å². The Morgan fingerprint density at radius 2 is 2.10 bits per heavy atom. The summed E-state index contributed by atoms with van der Waals surface area (Å²) in [6.07, 6.45) is 3.33. The predicted octanol–water partition coefficient (Wildman–Crippen LogP) is 3.61. The summed E-state index contributed by atoms with van der Waals surface area (Å²) in [5.41, 5.74) is 0. The van der Waals surface area contributed by atoms with E-state index in [1.165, 1.54) is 25.0 Å². The fraction of sp³-hybridized carbons (Fsp3) is 0.600. The average molecular weight is 350 g/mol. The molecule has 2 N–H and O–H groups in total. The predicted molar refractivity (Wildman–Crippen MR) is 90.9 cm³/mol. The number of aliphatic hydroxyl groups excluding tert-OH is 1. The number of benzene rings is 1. The number of nitrogens with one attached hydrogen (secondary N) is 1. The van der Waals surface area contributed by atoms with E-state index in [-0.39, 0.29) is 6.61 Å². The van der Waals surface area contributed by atoms with Crippen LogP contribution in [-0.4, -0.2) is 41.9 Å². The maximum atomic E-state index is 9.94. The van der Waals surface area contributed by atoms with Crippen LogP contribution < -0.4 is 10.1 Å². The standard InChI is InChI=1S/C15H21Cl2NO2S/c16-13-5-3-6-14(17)15(13)20-10-11(19)8-18-9-12-4-1-2-7-21-12/h3,5-6,11-12,18-19H,1-2,4,7-10H2. The van der Waals surface area contributed by atoms with Crippen LogP contribution in [0.1, 0.15) is 19.3 Å². The smallest absolute Gasteiger partial charge is 0.156 e. The molecule has 1 aliphatic rings. The monoisotopic (exact) mass is 349 g/mol. The van der Waals surface area contributed by atoms with Gasteiger partial charge in [0.05, 0.1) is 10.0 Å². The van der Waals surface area contributed by atoms with Crippen LogP contribution in [-0.2, 0) is 0 Å². The molecule has 1 fully saturated rings. The summed E-state index contributed by atoms with van der Waals surface area (Å²) in [7, 11) is 0. The molecule has 21 heavy (non-hydrogen) atoms. The number of rotatable bonds is 7. The average Bonchev–Trinajstić information content (AvgIpc) is 2.48. The number of hydrogen-bond acceptors (Lipinski definition) is 4. The Kier molecular flexibility index (Phi) is 7.47. The highest BCUT2D eigenvalue weighted by molar-refractivity contribution is 7.99. The van der Waals surface area contributed by atoms with Crippen molar-refractivity contribution in [3.63, 3.8) is 0 Å². The molecule has 118 valence electrons. The molecule has 6 heteroatoms. The molecule has 2 unspecified atom stereocenters. The number of ether oxygens (including phenoxy) is 1. The lowest BCUT2D eigenvalue weighted by Gasteiger charge is -2.22. The third-order valence-electron chi connectivity index (χ3n) is 3.36. The zero-order valence-corrected chi connectivity index (χ0v) is 14.2. The van der Waals surface area contributed by atoms with Gasteiger partial charge in [0.1, 0.15) is 12.7 Å². The molecule has 0 bridgehead atoms. The van der Waals surface area contributed by atoms with Gasteiger partial charge in [-0.25, -0.2) is 0 Å². The van der Waals surface area contributed by atoms with Crippen molar-refractivity contribution in [1.29, 1.82) is 0 Å². The highest BCUT2D eigenvalue weighted by Gasteiger charge is 2.14. The molecule has 0 amide bonds. The Hall–Kier alpha value is -0.130. The highest BCUT2D eigenvalue weighted by Crippen LogP contribution is 2.32. The Labute approximate surface area is 140 Å². The van der Waals surface area contributed by atoms with E-state index in [0.717, 1.165) is 6.54 Å². The molecule has 2 atom stereocenters. The van der Waals surface area contributed by atoms with Gasteiger partial charge in [0.15, 0.2) is 5.75 Å². The molecule has 2 rings (SSSR count). The van der Waals surface area contributed by atoms with Crippen molar-refractivity contribution in [1.82, 2.24) is 5.32 Å². The summed E-state index contributed by atoms with van der Waals surface area (Å²) in [4.78, 5) is 0. The van der Waals surface area contributed by atoms with Crippen molar-refractivity contribution in [2.45, 2.75) is 30.6 Å². The van der Waals surface area contributed by atoms with Crippen LogP contribution in [0.25, 0.3) is 0 Å². The Balaban J connectivity index is 1.66. The van der Waals surface area contributed by atoms with Gasteiger partial charge >= 0.3 is 0 Å². The molecule has 1 heterocycles. The maximum Gasteiger partial charge on any atom is 0.156 e. The van der Waals surface area contributed by atoms with Gasteiger partial charge in [-0.2, -0.15) is 11.8 Å². The van der Waals surface area contributed by atoms with Gasteiger partial charge in [0.25, 0.3) is 0 Å². The molecular weight excluding hydrogens is 329 g/mol. The fourth-order valence-corrected chi connectivity index (χ4v) is 4.02. The van der Waals surface area contributed by atoms with Crippen molar-refractivity contribution in [2.75, 3.05) is 25.4 Å². The topological polar surface area (TPSA) is 41.5 Å². The van der Waals surface area contributed by atoms with Crippen LogP contribution in [0.5, 0.6) is 5.75 Å². The third kappa shape index (κ3) is 5.87. The van der Waals surface area contributed by atoms with E-state index >= 15 is 0 Å². The lowest BCUT2D eigenvalue weighted by molar-refractivity contribution is 0.106. The SMILES string of the molecule is OC(CNCC1CCCCS1)COc1c(Cl)cccc1Cl. The summed E-state index contributed by atoms with van der Waals surface area (Å²) < 4.78 is 5.51. The van der Waals surface area contributed by atoms with Crippen molar-refractivity contribution >= 4 is 35.0 Å². The molecule has 0 aromatic heterocycles. The Morgan fingerprint density at radius 3 is 2.76 bits per heavy atom. The van der Waals surface area contributed by atoms with E-state index in [4.69, 9.17) is 27.9 Å². The molecule has 0 radical (unpaired) electrons. The number of thioether (sulfide) groups is 1. The van der Waals surface area contributed by atoms with Crippen LogP contribution >= 0.6 is 35.0 Å². The summed E-state index contributed by atoms with van der Waals surface area (Å²) in [5, 5.41) is 14.8. The van der Waals surface area contributed by atoms with E-state index in [2.05, 4.69) is 5.32 Å². The number of hydrogen-bond donors (Lipinski definition) is 2. The first-order valence-corrected chi connectivity index (χ1v) is 9.04. The lowest BCUT2D eigenvalue weighted by atomic mass is 10.2. The van der Waals surface area contributed by atoms with Crippen molar-refractivity contribution in [2.24, 2.45) is 0 Å². The zero-order valence-electron chi connectivity index (χ0n) is 11.9. The van der Waals surface area contributed by atoms with Gasteiger partial charge in [0, 0.05) is 18.3 Å². The molecule has 0 aliphatic carbocycles. The fourth-order valence-electron chi connectivity index (χ4n) is 2.24. The van der Waals surface area contributed by atoms with Gasteiger partial charge in [-0.3, -0.25) is 0 Å². The second kappa shape index (κ2) is 9.11. The second-order valence-electron chi connectivity index (χ2n) is 5.16. The molecule has 1 aliphatic heterocycles. The van der Waals surface area contributed by atoms with Crippen LogP contribution in [0.4, 0.5) is 0 Å². The minimum atomic E-state index is -0.578. The summed E-state index contributed by atoms with van der Waals surface area (Å²) in [5.74, 6) is 1.69. The summed E-state index contributed by atoms with van der Waals surface area (Å²) in [6, 6.07) is 5.19. The van der Waals surface area contributed by atoms with E-state index in [1.807, 2.05) is 11.8 Å². The Bertz CT molecular complexity index is 421. The largest absolute Gasteiger partial charge is 0.488 e. The maximum absolute atomic E-state index is 9.94. The molecule has 1 aromatic carbocycles. The molecular formula is C15H21Cl2NO2S. The minimum Gasteiger partial charge on any atom is -0.488 e. The first kappa shape index (κ1) is 17.2. The normalized spacial score (nSPS) is 20.2. The zero-order chi connectivity index (χ0) is 15.1. The summed E-state index contributed by atoms with van der Waals surface area (Å²) >= 11 is 14.0. The first-order valence-electron chi connectivity index (χ1n) is 7.24. The third-order valence-corrected chi connectivity index (χ3v) is 5.36. The number of para-hydroxylation sites is 1. The van der Waals surface area contributed by atoms with Gasteiger partial charge in [-0.15, -0.1) is 0 Å². The van der Waals surface area contributed by atoms with Gasteiger partial charge in [-0.05, 0) is 30.7 Å². The number of halogens is 2. The van der Waals surface area contributed by atoms with Crippen LogP contribution in [0.2, 0.25) is 10.0 Å². The second-order valence-corrected chi connectivity index (χ2v) is 7.39. The molecule has 1 aromatic rings. The van der Waals surface area contributed by atoms with Crippen molar-refractivity contribution < 1.29 is 9.84 Å². The minimum absolute atomic E-state index is 0.175. The van der Waals surface area contributed by atoms with Crippen LogP contribution in [0, 0.1) is 0 Å². The molecule has 1 saturated heterocycles. The molecule has 0 spiro atoms. The molecule has 0 saturated carbocycles. The van der Waals surface area contributed by atoms with E-state index in [9.17, 15) is 5.11 Å². The van der Waals surface area contributed by atoms with E-state index < -0.39 is 6.10 Å². The highest BCUT2D eigenvalue weighted by atomic mass is 35.5. The van der Waals surface area contributed by atoms with E-state index in [0.29, 0.717) is 27.6 Å². The number of aliphatic hydroxyl groups is 1. The van der Waals surface area contributed by atoms with Crippen LogP contribution in [0.3, 0.4) is 0 Å². The summed E-state index contributed by atoms with van der Waals surface area (Å²) in [6.45, 7) is 1.63. The van der Waals surface area contributed by atoms with Crippen LogP contribution in [0.15, 0.2) is 18.2 Å². The lowest BCUT2D eigenvalue weighted by Crippen LogP contribution is -2.35. The van der Waals surface area contributed by atoms with Gasteiger partial charge in [0.2, 0.25) is 0 Å². The van der Waals surface area contributed by atoms with Gasteiger partial charge < -0.3 is 15.2 Å². The van der Waals surface area contributed by atoms with Crippen molar-refractivity contribution in [3.8, 4) is 5.75 Å². The first-order chi connectivity index (χ1) is 10.2.